The van der Waals surface area contributed by atoms with E-state index < -0.39 is 0 Å². The zero-order chi connectivity index (χ0) is 20.7. The van der Waals surface area contributed by atoms with E-state index in [-0.39, 0.29) is 11.3 Å². The van der Waals surface area contributed by atoms with Gasteiger partial charge in [-0.05, 0) is 32.5 Å². The van der Waals surface area contributed by atoms with E-state index >= 15 is 0 Å². The van der Waals surface area contributed by atoms with Gasteiger partial charge in [-0.3, -0.25) is 4.79 Å². The van der Waals surface area contributed by atoms with E-state index in [1.807, 2.05) is 42.3 Å². The molecule has 1 aromatic heterocycles. The Morgan fingerprint density at radius 3 is 2.80 bits per heavy atom. The molecule has 3 aliphatic rings. The van der Waals surface area contributed by atoms with Crippen LogP contribution in [0, 0.1) is 6.92 Å². The van der Waals surface area contributed by atoms with Gasteiger partial charge in [-0.2, -0.15) is 0 Å². The lowest BCUT2D eigenvalue weighted by atomic mass is 9.80. The zero-order valence-corrected chi connectivity index (χ0v) is 17.8. The van der Waals surface area contributed by atoms with E-state index in [4.69, 9.17) is 9.72 Å². The van der Waals surface area contributed by atoms with Crippen molar-refractivity contribution < 1.29 is 9.53 Å². The van der Waals surface area contributed by atoms with Gasteiger partial charge in [-0.25, -0.2) is 9.97 Å². The van der Waals surface area contributed by atoms with Gasteiger partial charge in [0.1, 0.15) is 0 Å². The molecule has 2 aromatic rings. The number of aromatic nitrogens is 2. The highest BCUT2D eigenvalue weighted by atomic mass is 16.5. The fourth-order valence-corrected chi connectivity index (χ4v) is 4.86. The topological polar surface area (TPSA) is 61.8 Å². The summed E-state index contributed by atoms with van der Waals surface area (Å²) in [4.78, 5) is 29.4. The molecule has 5 rings (SSSR count). The summed E-state index contributed by atoms with van der Waals surface area (Å²) in [5.74, 6) is 0.905. The first-order valence-corrected chi connectivity index (χ1v) is 10.8. The lowest BCUT2D eigenvalue weighted by Crippen LogP contribution is -2.46. The molecular weight excluding hydrogens is 378 g/mol. The van der Waals surface area contributed by atoms with Crippen molar-refractivity contribution in [1.29, 1.82) is 0 Å². The van der Waals surface area contributed by atoms with Gasteiger partial charge >= 0.3 is 0 Å². The molecule has 1 spiro atoms. The number of nitrogens with zero attached hydrogens (tertiary/aromatic N) is 5. The molecule has 30 heavy (non-hydrogen) atoms. The van der Waals surface area contributed by atoms with Crippen LogP contribution in [0.5, 0.6) is 0 Å². The Labute approximate surface area is 177 Å². The van der Waals surface area contributed by atoms with Gasteiger partial charge in [0.05, 0.1) is 24.3 Å². The van der Waals surface area contributed by atoms with Crippen molar-refractivity contribution >= 4 is 11.9 Å². The molecule has 158 valence electrons. The molecule has 0 N–H and O–H groups in total. The Bertz CT molecular complexity index is 956. The summed E-state index contributed by atoms with van der Waals surface area (Å²) in [6.45, 7) is 8.47. The number of ether oxygens (including phenoxy) is 1. The Kier molecular flexibility index (Phi) is 4.95. The van der Waals surface area contributed by atoms with Crippen LogP contribution in [0.25, 0.3) is 0 Å². The van der Waals surface area contributed by atoms with Gasteiger partial charge in [0, 0.05) is 56.6 Å². The molecule has 0 aliphatic carbocycles. The Morgan fingerprint density at radius 2 is 2.00 bits per heavy atom. The van der Waals surface area contributed by atoms with Crippen LogP contribution in [0.1, 0.15) is 33.6 Å². The normalized spacial score (nSPS) is 24.3. The quantitative estimate of drug-likeness (QED) is 0.757. The van der Waals surface area contributed by atoms with Crippen molar-refractivity contribution in [3.05, 3.63) is 52.8 Å². The number of aryl methyl sites for hydroxylation is 1. The number of rotatable bonds is 2. The average molecular weight is 408 g/mol. The summed E-state index contributed by atoms with van der Waals surface area (Å²) in [6.07, 6.45) is 2.80. The molecule has 7 heteroatoms. The van der Waals surface area contributed by atoms with Crippen LogP contribution in [0.2, 0.25) is 0 Å². The fraction of sp³-hybridized carbons (Fsp3) is 0.522. The smallest absolute Gasteiger partial charge is 0.253 e. The minimum absolute atomic E-state index is 0.0936. The Balaban J connectivity index is 1.41. The predicted octanol–water partition coefficient (Wildman–Crippen LogP) is 1.85. The van der Waals surface area contributed by atoms with Crippen LogP contribution in [0.3, 0.4) is 0 Å². The molecule has 0 unspecified atom stereocenters. The van der Waals surface area contributed by atoms with Gasteiger partial charge in [0.15, 0.2) is 0 Å². The third kappa shape index (κ3) is 3.46. The van der Waals surface area contributed by atoms with Gasteiger partial charge in [0.25, 0.3) is 5.91 Å². The van der Waals surface area contributed by atoms with Crippen molar-refractivity contribution in [2.24, 2.45) is 0 Å². The van der Waals surface area contributed by atoms with Gasteiger partial charge in [0.2, 0.25) is 5.95 Å². The first-order valence-electron chi connectivity index (χ1n) is 10.8. The summed E-state index contributed by atoms with van der Waals surface area (Å²) in [5, 5.41) is 0. The monoisotopic (exact) mass is 407 g/mol. The van der Waals surface area contributed by atoms with Crippen molar-refractivity contribution in [3.8, 4) is 0 Å². The van der Waals surface area contributed by atoms with Crippen molar-refractivity contribution in [1.82, 2.24) is 19.8 Å². The highest BCUT2D eigenvalue weighted by Gasteiger charge is 2.46. The maximum atomic E-state index is 13.1. The fourth-order valence-electron chi connectivity index (χ4n) is 4.86. The number of anilines is 1. The number of benzene rings is 1. The van der Waals surface area contributed by atoms with E-state index in [0.29, 0.717) is 19.8 Å². The number of amides is 1. The number of hydrogen-bond donors (Lipinski definition) is 0. The first-order chi connectivity index (χ1) is 14.5. The molecule has 7 nitrogen and oxygen atoms in total. The second-order valence-electron chi connectivity index (χ2n) is 8.95. The number of hydrogen-bond acceptors (Lipinski definition) is 6. The second kappa shape index (κ2) is 7.63. The highest BCUT2D eigenvalue weighted by Crippen LogP contribution is 2.40. The van der Waals surface area contributed by atoms with Crippen molar-refractivity contribution in [2.75, 3.05) is 57.8 Å². The van der Waals surface area contributed by atoms with Crippen LogP contribution >= 0.6 is 0 Å². The van der Waals surface area contributed by atoms with Crippen molar-refractivity contribution in [3.63, 3.8) is 0 Å². The molecular formula is C23H29N5O2. The van der Waals surface area contributed by atoms with Gasteiger partial charge in [-0.1, -0.05) is 17.7 Å². The van der Waals surface area contributed by atoms with Crippen LogP contribution < -0.4 is 4.90 Å². The Morgan fingerprint density at radius 1 is 1.17 bits per heavy atom. The number of piperazine rings is 1. The second-order valence-corrected chi connectivity index (χ2v) is 8.95. The van der Waals surface area contributed by atoms with Crippen molar-refractivity contribution in [2.45, 2.75) is 25.4 Å². The van der Waals surface area contributed by atoms with E-state index in [1.54, 1.807) is 0 Å². The van der Waals surface area contributed by atoms with E-state index in [0.717, 1.165) is 67.5 Å². The van der Waals surface area contributed by atoms with Crippen LogP contribution in [0.4, 0.5) is 5.95 Å². The molecule has 4 heterocycles. The lowest BCUT2D eigenvalue weighted by Gasteiger charge is -2.36. The van der Waals surface area contributed by atoms with Gasteiger partial charge in [-0.15, -0.1) is 0 Å². The number of fused-ring (bicyclic) bond motifs is 2. The predicted molar refractivity (Wildman–Crippen MR) is 115 cm³/mol. The molecule has 0 radical (unpaired) electrons. The van der Waals surface area contributed by atoms with Gasteiger partial charge < -0.3 is 19.4 Å². The molecule has 1 atom stereocenters. The SMILES string of the molecule is Cc1cccc(C(=O)N2CC[C@]3(COCc4cnc(N5CCN(C)CC5)nc43)C2)c1. The molecule has 0 bridgehead atoms. The van der Waals surface area contributed by atoms with Crippen LogP contribution in [0.15, 0.2) is 30.5 Å². The molecule has 0 saturated carbocycles. The first kappa shape index (κ1) is 19.5. The summed E-state index contributed by atoms with van der Waals surface area (Å²) in [7, 11) is 2.15. The minimum Gasteiger partial charge on any atom is -0.376 e. The maximum Gasteiger partial charge on any atom is 0.253 e. The number of likely N-dealkylation sites (tertiary alicyclic amines) is 1. The summed E-state index contributed by atoms with van der Waals surface area (Å²) in [5.41, 5.74) is 3.76. The largest absolute Gasteiger partial charge is 0.376 e. The lowest BCUT2D eigenvalue weighted by molar-refractivity contribution is 0.0484. The molecule has 2 saturated heterocycles. The molecule has 3 aliphatic heterocycles. The van der Waals surface area contributed by atoms with Crippen LogP contribution in [-0.2, 0) is 16.8 Å². The minimum atomic E-state index is -0.239. The van der Waals surface area contributed by atoms with Crippen LogP contribution in [-0.4, -0.2) is 78.6 Å². The number of carbonyl (C=O) groups is 1. The van der Waals surface area contributed by atoms with E-state index in [1.165, 1.54) is 0 Å². The number of carbonyl (C=O) groups excluding carboxylic acids is 1. The third-order valence-corrected chi connectivity index (χ3v) is 6.68. The van der Waals surface area contributed by atoms with E-state index in [9.17, 15) is 4.79 Å². The highest BCUT2D eigenvalue weighted by molar-refractivity contribution is 5.94. The Hall–Kier alpha value is -2.51. The molecule has 1 amide bonds. The average Bonchev–Trinajstić information content (AvgIpc) is 3.18. The number of likely N-dealkylation sites (N-methyl/N-ethyl adjacent to an activating group) is 1. The molecule has 1 aromatic carbocycles. The summed E-state index contributed by atoms with van der Waals surface area (Å²) < 4.78 is 5.95. The standard InChI is InChI=1S/C23H29N5O2/c1-17-4-3-5-18(12-17)21(29)28-7-6-23(15-28)16-30-14-19-13-24-22(25-20(19)23)27-10-8-26(2)9-11-27/h3-5,12-13H,6-11,14-16H2,1-2H3/t23-/m1/s1. The summed E-state index contributed by atoms with van der Waals surface area (Å²) in [6, 6.07) is 7.83. The maximum absolute atomic E-state index is 13.1. The molecule has 2 fully saturated rings. The zero-order valence-electron chi connectivity index (χ0n) is 17.8. The third-order valence-electron chi connectivity index (χ3n) is 6.68. The summed E-state index contributed by atoms with van der Waals surface area (Å²) >= 11 is 0. The van der Waals surface area contributed by atoms with E-state index in [2.05, 4.69) is 21.8 Å².